The molecule has 0 bridgehead atoms. The van der Waals surface area contributed by atoms with Crippen molar-refractivity contribution < 1.29 is 14.6 Å². The van der Waals surface area contributed by atoms with Gasteiger partial charge in [-0.3, -0.25) is 0 Å². The highest BCUT2D eigenvalue weighted by molar-refractivity contribution is 5.47. The topological polar surface area (TPSA) is 41.9 Å². The summed E-state index contributed by atoms with van der Waals surface area (Å²) in [6, 6.07) is 6.78. The van der Waals surface area contributed by atoms with E-state index in [-0.39, 0.29) is 11.5 Å². The molecular weight excluding hydrogens is 290 g/mol. The molecule has 23 heavy (non-hydrogen) atoms. The zero-order chi connectivity index (χ0) is 16.6. The molecular formula is C19H29NO3. The van der Waals surface area contributed by atoms with E-state index in [0.29, 0.717) is 12.0 Å². The summed E-state index contributed by atoms with van der Waals surface area (Å²) in [7, 11) is 5.56. The second-order valence-corrected chi connectivity index (χ2v) is 7.09. The van der Waals surface area contributed by atoms with Crippen molar-refractivity contribution in [2.24, 2.45) is 5.92 Å². The molecule has 1 saturated carbocycles. The number of methoxy groups -OCH3 is 2. The van der Waals surface area contributed by atoms with Gasteiger partial charge in [-0.2, -0.15) is 0 Å². The largest absolute Gasteiger partial charge is 0.493 e. The van der Waals surface area contributed by atoms with Gasteiger partial charge in [-0.05, 0) is 56.5 Å². The molecule has 0 amide bonds. The van der Waals surface area contributed by atoms with Gasteiger partial charge in [-0.15, -0.1) is 0 Å². The zero-order valence-electron chi connectivity index (χ0n) is 14.7. The first-order valence-corrected chi connectivity index (χ1v) is 8.67. The summed E-state index contributed by atoms with van der Waals surface area (Å²) in [5.74, 6) is 2.08. The minimum Gasteiger partial charge on any atom is -0.493 e. The van der Waals surface area contributed by atoms with E-state index in [4.69, 9.17) is 9.47 Å². The van der Waals surface area contributed by atoms with Crippen molar-refractivity contribution in [3.05, 3.63) is 23.8 Å². The van der Waals surface area contributed by atoms with E-state index in [1.165, 1.54) is 5.56 Å². The highest BCUT2D eigenvalue weighted by Crippen LogP contribution is 2.53. The minimum absolute atomic E-state index is 0.113. The van der Waals surface area contributed by atoms with Crippen LogP contribution in [-0.2, 0) is 5.41 Å². The number of hydrogen-bond acceptors (Lipinski definition) is 4. The number of likely N-dealkylation sites (tertiary alicyclic amines) is 1. The minimum atomic E-state index is -0.182. The fourth-order valence-corrected chi connectivity index (χ4v) is 5.07. The van der Waals surface area contributed by atoms with Crippen LogP contribution < -0.4 is 9.47 Å². The summed E-state index contributed by atoms with van der Waals surface area (Å²) in [5.41, 5.74) is 1.45. The summed E-state index contributed by atoms with van der Waals surface area (Å²) in [4.78, 5) is 2.43. The number of benzene rings is 1. The van der Waals surface area contributed by atoms with Gasteiger partial charge in [0.15, 0.2) is 11.5 Å². The van der Waals surface area contributed by atoms with Crippen molar-refractivity contribution in [3.63, 3.8) is 0 Å². The maximum Gasteiger partial charge on any atom is 0.161 e. The summed E-state index contributed by atoms with van der Waals surface area (Å²) in [6.45, 7) is 3.34. The third-order valence-corrected chi connectivity index (χ3v) is 6.20. The van der Waals surface area contributed by atoms with Crippen LogP contribution in [0.2, 0.25) is 0 Å². The lowest BCUT2D eigenvalue weighted by atomic mass is 9.58. The molecule has 4 atom stereocenters. The number of ether oxygens (including phenoxy) is 2. The Hall–Kier alpha value is -1.26. The molecule has 3 rings (SSSR count). The molecule has 0 radical (unpaired) electrons. The number of likely N-dealkylation sites (N-methyl/N-ethyl adjacent to an activating group) is 1. The van der Waals surface area contributed by atoms with E-state index in [1.54, 1.807) is 14.2 Å². The van der Waals surface area contributed by atoms with Gasteiger partial charge in [0.25, 0.3) is 0 Å². The van der Waals surface area contributed by atoms with Gasteiger partial charge >= 0.3 is 0 Å². The van der Waals surface area contributed by atoms with Crippen LogP contribution in [0.4, 0.5) is 0 Å². The fourth-order valence-electron chi connectivity index (χ4n) is 5.07. The number of aliphatic hydroxyl groups is 1. The molecule has 1 aromatic carbocycles. The second kappa shape index (κ2) is 6.33. The average molecular weight is 319 g/mol. The van der Waals surface area contributed by atoms with E-state index in [9.17, 15) is 5.11 Å². The molecule has 0 spiro atoms. The lowest BCUT2D eigenvalue weighted by molar-refractivity contribution is 0.0149. The Morgan fingerprint density at radius 1 is 1.22 bits per heavy atom. The summed E-state index contributed by atoms with van der Waals surface area (Å²) in [6.07, 6.45) is 3.82. The number of nitrogens with zero attached hydrogens (tertiary/aromatic N) is 1. The highest BCUT2D eigenvalue weighted by Gasteiger charge is 2.54. The number of rotatable bonds is 4. The Balaban J connectivity index is 2.09. The van der Waals surface area contributed by atoms with Crippen LogP contribution in [0, 0.1) is 5.92 Å². The Kier molecular flexibility index (Phi) is 4.56. The second-order valence-electron chi connectivity index (χ2n) is 7.09. The molecule has 128 valence electrons. The Morgan fingerprint density at radius 3 is 2.61 bits per heavy atom. The molecule has 1 heterocycles. The zero-order valence-corrected chi connectivity index (χ0v) is 14.7. The molecule has 2 aliphatic rings. The van der Waals surface area contributed by atoms with Gasteiger partial charge in [0.05, 0.1) is 20.3 Å². The van der Waals surface area contributed by atoms with E-state index in [1.807, 2.05) is 6.07 Å². The molecule has 0 aromatic heterocycles. The molecule has 4 heteroatoms. The van der Waals surface area contributed by atoms with Gasteiger partial charge in [-0.25, -0.2) is 0 Å². The predicted molar refractivity (Wildman–Crippen MR) is 91.3 cm³/mol. The molecule has 2 fully saturated rings. The van der Waals surface area contributed by atoms with Crippen LogP contribution in [-0.4, -0.2) is 50.0 Å². The normalized spacial score (nSPS) is 34.2. The van der Waals surface area contributed by atoms with Crippen LogP contribution >= 0.6 is 0 Å². The SMILES string of the molecule is CC[C@H]1C[C@H](O)C[C@@H]2N(C)CC[C@]12c1ccc(OC)c(OC)c1. The molecule has 0 unspecified atom stereocenters. The maximum absolute atomic E-state index is 10.3. The molecule has 4 nitrogen and oxygen atoms in total. The van der Waals surface area contributed by atoms with Crippen LogP contribution in [0.25, 0.3) is 0 Å². The third kappa shape index (κ3) is 2.52. The lowest BCUT2D eigenvalue weighted by Gasteiger charge is -2.49. The molecule has 1 aromatic rings. The van der Waals surface area contributed by atoms with Crippen molar-refractivity contribution in [2.75, 3.05) is 27.8 Å². The quantitative estimate of drug-likeness (QED) is 0.926. The first kappa shape index (κ1) is 16.6. The van der Waals surface area contributed by atoms with E-state index < -0.39 is 0 Å². The lowest BCUT2D eigenvalue weighted by Crippen LogP contribution is -2.52. The standard InChI is InChI=1S/C19H29NO3/c1-5-13-10-15(21)12-18-19(13,8-9-20(18)2)14-6-7-16(22-3)17(11-14)23-4/h6-7,11,13,15,18,21H,5,8-10,12H2,1-4H3/t13-,15-,18-,19+/m0/s1. The van der Waals surface area contributed by atoms with Gasteiger partial charge < -0.3 is 19.5 Å². The number of fused-ring (bicyclic) bond motifs is 1. The Labute approximate surface area is 139 Å². The number of hydrogen-bond donors (Lipinski definition) is 1. The van der Waals surface area contributed by atoms with Crippen LogP contribution in [0.3, 0.4) is 0 Å². The van der Waals surface area contributed by atoms with Crippen molar-refractivity contribution in [1.82, 2.24) is 4.90 Å². The van der Waals surface area contributed by atoms with E-state index >= 15 is 0 Å². The van der Waals surface area contributed by atoms with Gasteiger partial charge in [0.1, 0.15) is 0 Å². The first-order chi connectivity index (χ1) is 11.1. The smallest absolute Gasteiger partial charge is 0.161 e. The maximum atomic E-state index is 10.3. The number of aliphatic hydroxyl groups excluding tert-OH is 1. The van der Waals surface area contributed by atoms with Crippen molar-refractivity contribution >= 4 is 0 Å². The average Bonchev–Trinajstić information content (AvgIpc) is 2.91. The Bertz CT molecular complexity index is 562. The van der Waals surface area contributed by atoms with Gasteiger partial charge in [0.2, 0.25) is 0 Å². The summed E-state index contributed by atoms with van der Waals surface area (Å²) in [5, 5.41) is 10.3. The molecule has 1 aliphatic carbocycles. The summed E-state index contributed by atoms with van der Waals surface area (Å²) >= 11 is 0. The van der Waals surface area contributed by atoms with Gasteiger partial charge in [-0.1, -0.05) is 19.4 Å². The first-order valence-electron chi connectivity index (χ1n) is 8.67. The van der Waals surface area contributed by atoms with Crippen LogP contribution in [0.15, 0.2) is 18.2 Å². The van der Waals surface area contributed by atoms with Crippen molar-refractivity contribution in [2.45, 2.75) is 50.2 Å². The molecule has 1 N–H and O–H groups in total. The monoisotopic (exact) mass is 319 g/mol. The molecule has 1 saturated heterocycles. The van der Waals surface area contributed by atoms with Crippen molar-refractivity contribution in [3.8, 4) is 11.5 Å². The van der Waals surface area contributed by atoms with Crippen LogP contribution in [0.1, 0.15) is 38.2 Å². The third-order valence-electron chi connectivity index (χ3n) is 6.20. The Morgan fingerprint density at radius 2 is 1.96 bits per heavy atom. The van der Waals surface area contributed by atoms with Crippen molar-refractivity contribution in [1.29, 1.82) is 0 Å². The fraction of sp³-hybridized carbons (Fsp3) is 0.684. The highest BCUT2D eigenvalue weighted by atomic mass is 16.5. The van der Waals surface area contributed by atoms with Crippen LogP contribution in [0.5, 0.6) is 11.5 Å². The van der Waals surface area contributed by atoms with Gasteiger partial charge in [0, 0.05) is 11.5 Å². The summed E-state index contributed by atoms with van der Waals surface area (Å²) < 4.78 is 10.9. The van der Waals surface area contributed by atoms with E-state index in [2.05, 4.69) is 31.0 Å². The molecule has 1 aliphatic heterocycles. The van der Waals surface area contributed by atoms with E-state index in [0.717, 1.165) is 43.7 Å². The predicted octanol–water partition coefficient (Wildman–Crippen LogP) is 2.83.